The van der Waals surface area contributed by atoms with Crippen LogP contribution in [0.2, 0.25) is 0 Å². The van der Waals surface area contributed by atoms with Gasteiger partial charge in [-0.2, -0.15) is 0 Å². The van der Waals surface area contributed by atoms with E-state index >= 15 is 0 Å². The van der Waals surface area contributed by atoms with Gasteiger partial charge >= 0.3 is 0 Å². The number of ether oxygens (including phenoxy) is 1. The third kappa shape index (κ3) is 4.27. The van der Waals surface area contributed by atoms with Crippen LogP contribution in [0.15, 0.2) is 47.4 Å². The van der Waals surface area contributed by atoms with Crippen molar-refractivity contribution in [3.8, 4) is 5.75 Å². The van der Waals surface area contributed by atoms with Crippen molar-refractivity contribution in [2.24, 2.45) is 0 Å². The molecular weight excluding hydrogens is 346 g/mol. The lowest BCUT2D eigenvalue weighted by atomic mass is 9.94. The average Bonchev–Trinajstić information content (AvgIpc) is 2.59. The summed E-state index contributed by atoms with van der Waals surface area (Å²) in [6.45, 7) is 8.65. The monoisotopic (exact) mass is 373 g/mol. The molecule has 0 saturated carbocycles. The first-order valence-electron chi connectivity index (χ1n) is 9.07. The fourth-order valence-electron chi connectivity index (χ4n) is 3.08. The fourth-order valence-corrected chi connectivity index (χ4v) is 4.15. The largest absolute Gasteiger partial charge is 0.488 e. The Balaban J connectivity index is 1.72. The van der Waals surface area contributed by atoms with Crippen LogP contribution in [-0.4, -0.2) is 14.0 Å². The second kappa shape index (κ2) is 7.05. The van der Waals surface area contributed by atoms with Crippen molar-refractivity contribution < 1.29 is 13.2 Å². The first-order chi connectivity index (χ1) is 12.2. The third-order valence-corrected chi connectivity index (χ3v) is 6.24. The summed E-state index contributed by atoms with van der Waals surface area (Å²) in [5, 5.41) is 0. The molecule has 140 valence electrons. The lowest BCUT2D eigenvalue weighted by molar-refractivity contribution is 0.0845. The third-order valence-electron chi connectivity index (χ3n) is 4.84. The Hall–Kier alpha value is -1.85. The van der Waals surface area contributed by atoms with Crippen LogP contribution in [0.1, 0.15) is 56.7 Å². The topological polar surface area (TPSA) is 55.4 Å². The molecule has 1 aliphatic rings. The van der Waals surface area contributed by atoms with Crippen LogP contribution in [0.25, 0.3) is 0 Å². The van der Waals surface area contributed by atoms with Crippen molar-refractivity contribution in [1.29, 1.82) is 0 Å². The maximum atomic E-state index is 12.6. The molecule has 0 amide bonds. The molecule has 5 heteroatoms. The van der Waals surface area contributed by atoms with Gasteiger partial charge < -0.3 is 4.74 Å². The second-order valence-corrected chi connectivity index (χ2v) is 9.62. The van der Waals surface area contributed by atoms with E-state index in [-0.39, 0.29) is 12.1 Å². The predicted octanol–water partition coefficient (Wildman–Crippen LogP) is 4.39. The van der Waals surface area contributed by atoms with E-state index in [2.05, 4.69) is 18.6 Å². The van der Waals surface area contributed by atoms with Gasteiger partial charge in [-0.15, -0.1) is 0 Å². The summed E-state index contributed by atoms with van der Waals surface area (Å²) in [4.78, 5) is 0.290. The molecule has 0 radical (unpaired) electrons. The minimum absolute atomic E-state index is 0.201. The van der Waals surface area contributed by atoms with Crippen LogP contribution >= 0.6 is 0 Å². The summed E-state index contributed by atoms with van der Waals surface area (Å²) in [6, 6.07) is 13.2. The van der Waals surface area contributed by atoms with Crippen LogP contribution in [0.3, 0.4) is 0 Å². The van der Waals surface area contributed by atoms with E-state index in [0.717, 1.165) is 29.7 Å². The molecule has 0 fully saturated rings. The van der Waals surface area contributed by atoms with Crippen LogP contribution in [-0.2, 0) is 23.0 Å². The van der Waals surface area contributed by atoms with Gasteiger partial charge in [0.25, 0.3) is 0 Å². The van der Waals surface area contributed by atoms with Gasteiger partial charge in [0.05, 0.1) is 4.90 Å². The van der Waals surface area contributed by atoms with Gasteiger partial charge in [0.15, 0.2) is 0 Å². The number of aryl methyl sites for hydroxylation is 1. The second-order valence-electron chi connectivity index (χ2n) is 7.85. The summed E-state index contributed by atoms with van der Waals surface area (Å²) in [5.74, 6) is 1.24. The van der Waals surface area contributed by atoms with Gasteiger partial charge in [-0.25, -0.2) is 13.1 Å². The lowest BCUT2D eigenvalue weighted by Crippen LogP contribution is -2.32. The Morgan fingerprint density at radius 2 is 1.81 bits per heavy atom. The summed E-state index contributed by atoms with van der Waals surface area (Å²) in [6.07, 6.45) is 1.70. The molecule has 26 heavy (non-hydrogen) atoms. The molecule has 4 nitrogen and oxygen atoms in total. The highest BCUT2D eigenvalue weighted by molar-refractivity contribution is 7.89. The Morgan fingerprint density at radius 3 is 2.46 bits per heavy atom. The highest BCUT2D eigenvalue weighted by Crippen LogP contribution is 2.34. The van der Waals surface area contributed by atoms with Gasteiger partial charge in [-0.05, 0) is 67.5 Å². The van der Waals surface area contributed by atoms with Gasteiger partial charge in [-0.3, -0.25) is 0 Å². The van der Waals surface area contributed by atoms with Crippen LogP contribution in [0, 0.1) is 0 Å². The van der Waals surface area contributed by atoms with Crippen LogP contribution in [0.4, 0.5) is 0 Å². The summed E-state index contributed by atoms with van der Waals surface area (Å²) < 4.78 is 33.9. The van der Waals surface area contributed by atoms with E-state index in [1.165, 1.54) is 5.56 Å². The maximum Gasteiger partial charge on any atom is 0.240 e. The normalized spacial score (nSPS) is 16.2. The molecule has 0 atom stereocenters. The first kappa shape index (κ1) is 18.9. The average molecular weight is 374 g/mol. The molecule has 0 bridgehead atoms. The number of nitrogens with one attached hydrogen (secondary N) is 1. The molecule has 2 aromatic rings. The zero-order chi connectivity index (χ0) is 18.9. The Bertz CT molecular complexity index is 884. The highest BCUT2D eigenvalue weighted by atomic mass is 32.2. The summed E-state index contributed by atoms with van der Waals surface area (Å²) in [5.41, 5.74) is 2.94. The van der Waals surface area contributed by atoms with Crippen molar-refractivity contribution in [1.82, 2.24) is 4.72 Å². The van der Waals surface area contributed by atoms with E-state index < -0.39 is 10.0 Å². The van der Waals surface area contributed by atoms with Crippen molar-refractivity contribution in [2.75, 3.05) is 0 Å². The van der Waals surface area contributed by atoms with E-state index in [1.54, 1.807) is 18.2 Å². The molecule has 0 aliphatic carbocycles. The summed E-state index contributed by atoms with van der Waals surface area (Å²) >= 11 is 0. The van der Waals surface area contributed by atoms with Crippen molar-refractivity contribution >= 4 is 10.0 Å². The fraction of sp³-hybridized carbons (Fsp3) is 0.429. The molecular formula is C21H27NO3S. The van der Waals surface area contributed by atoms with Gasteiger partial charge in [0.1, 0.15) is 11.4 Å². The zero-order valence-corrected chi connectivity index (χ0v) is 16.7. The lowest BCUT2D eigenvalue weighted by Gasteiger charge is -2.32. The minimum atomic E-state index is -3.55. The number of fused-ring (bicyclic) bond motifs is 1. The van der Waals surface area contributed by atoms with Crippen molar-refractivity contribution in [3.05, 3.63) is 59.2 Å². The Kier molecular flexibility index (Phi) is 5.13. The first-order valence-corrected chi connectivity index (χ1v) is 10.5. The maximum absolute atomic E-state index is 12.6. The molecule has 0 unspecified atom stereocenters. The SMILES string of the molecule is CC(C)c1ccc(CNS(=O)(=O)c2ccc3c(c2)CCC(C)(C)O3)cc1. The summed E-state index contributed by atoms with van der Waals surface area (Å²) in [7, 11) is -3.55. The number of rotatable bonds is 5. The molecule has 0 saturated heterocycles. The molecule has 0 aromatic heterocycles. The predicted molar refractivity (Wildman–Crippen MR) is 104 cm³/mol. The quantitative estimate of drug-likeness (QED) is 0.845. The molecule has 1 aliphatic heterocycles. The smallest absolute Gasteiger partial charge is 0.240 e. The number of sulfonamides is 1. The standard InChI is InChI=1S/C21H27NO3S/c1-15(2)17-7-5-16(6-8-17)14-22-26(23,24)19-9-10-20-18(13-19)11-12-21(3,4)25-20/h5-10,13,15,22H,11-12,14H2,1-4H3. The Morgan fingerprint density at radius 1 is 1.12 bits per heavy atom. The molecule has 2 aromatic carbocycles. The van der Waals surface area contributed by atoms with E-state index in [0.29, 0.717) is 10.8 Å². The Labute approximate surface area is 156 Å². The van der Waals surface area contributed by atoms with Crippen LogP contribution in [0.5, 0.6) is 5.75 Å². The number of hydrogen-bond acceptors (Lipinski definition) is 3. The van der Waals surface area contributed by atoms with Gasteiger partial charge in [-0.1, -0.05) is 38.1 Å². The highest BCUT2D eigenvalue weighted by Gasteiger charge is 2.27. The minimum Gasteiger partial charge on any atom is -0.488 e. The van der Waals surface area contributed by atoms with Crippen molar-refractivity contribution in [2.45, 2.75) is 63.5 Å². The van der Waals surface area contributed by atoms with E-state index in [4.69, 9.17) is 4.74 Å². The number of hydrogen-bond donors (Lipinski definition) is 1. The number of benzene rings is 2. The van der Waals surface area contributed by atoms with E-state index in [9.17, 15) is 8.42 Å². The van der Waals surface area contributed by atoms with Crippen molar-refractivity contribution in [3.63, 3.8) is 0 Å². The molecule has 0 spiro atoms. The molecule has 3 rings (SSSR count). The van der Waals surface area contributed by atoms with Gasteiger partial charge in [0, 0.05) is 6.54 Å². The van der Waals surface area contributed by atoms with Crippen LogP contribution < -0.4 is 9.46 Å². The molecule has 1 N–H and O–H groups in total. The van der Waals surface area contributed by atoms with E-state index in [1.807, 2.05) is 38.1 Å². The molecule has 1 heterocycles. The van der Waals surface area contributed by atoms with Gasteiger partial charge in [0.2, 0.25) is 10.0 Å². The zero-order valence-electron chi connectivity index (χ0n) is 15.9.